The molecule has 1 saturated carbocycles. The lowest BCUT2D eigenvalue weighted by Gasteiger charge is -2.55. The molecular formula is C33H45FN6O3. The van der Waals surface area contributed by atoms with E-state index >= 15 is 0 Å². The van der Waals surface area contributed by atoms with Crippen LogP contribution in [0.5, 0.6) is 11.5 Å². The number of hydrogen-bond acceptors (Lipinski definition) is 7. The number of halogens is 1. The van der Waals surface area contributed by atoms with Gasteiger partial charge in [-0.25, -0.2) is 14.4 Å². The lowest BCUT2D eigenvalue weighted by molar-refractivity contribution is -0.120. The number of carbonyl (C=O) groups is 2. The fraction of sp³-hybridized carbons (Fsp3) is 0.636. The first-order chi connectivity index (χ1) is 20.7. The third-order valence-electron chi connectivity index (χ3n) is 10.4. The van der Waals surface area contributed by atoms with E-state index in [0.29, 0.717) is 30.3 Å². The van der Waals surface area contributed by atoms with Gasteiger partial charge in [-0.2, -0.15) is 0 Å². The van der Waals surface area contributed by atoms with E-state index in [1.807, 2.05) is 20.8 Å². The summed E-state index contributed by atoms with van der Waals surface area (Å²) in [4.78, 5) is 40.4. The largest absolute Gasteiger partial charge is 0.451 e. The second-order valence-electron chi connectivity index (χ2n) is 13.6. The molecule has 1 N–H and O–H groups in total. The van der Waals surface area contributed by atoms with Crippen LogP contribution in [0.4, 0.5) is 10.2 Å². The van der Waals surface area contributed by atoms with Gasteiger partial charge in [0, 0.05) is 49.6 Å². The summed E-state index contributed by atoms with van der Waals surface area (Å²) >= 11 is 0. The first-order valence-electron chi connectivity index (χ1n) is 16.0. The molecular weight excluding hydrogens is 547 g/mol. The van der Waals surface area contributed by atoms with Crippen LogP contribution in [0.3, 0.4) is 0 Å². The molecule has 1 aromatic heterocycles. The number of nitrogens with one attached hydrogen (secondary N) is 1. The van der Waals surface area contributed by atoms with Crippen LogP contribution in [-0.4, -0.2) is 82.4 Å². The second kappa shape index (κ2) is 12.0. The molecule has 1 aliphatic carbocycles. The smallest absolute Gasteiger partial charge is 0.257 e. The van der Waals surface area contributed by atoms with Crippen molar-refractivity contribution in [1.82, 2.24) is 25.1 Å². The van der Waals surface area contributed by atoms with Gasteiger partial charge in [-0.05, 0) is 103 Å². The van der Waals surface area contributed by atoms with Crippen molar-refractivity contribution < 1.29 is 18.7 Å². The molecule has 4 heterocycles. The number of benzene rings is 1. The Bertz CT molecular complexity index is 1330. The molecule has 10 heteroatoms. The predicted molar refractivity (Wildman–Crippen MR) is 163 cm³/mol. The van der Waals surface area contributed by atoms with E-state index in [0.717, 1.165) is 64.2 Å². The Morgan fingerprint density at radius 2 is 1.88 bits per heavy atom. The highest BCUT2D eigenvalue weighted by molar-refractivity contribution is 5.97. The van der Waals surface area contributed by atoms with Crippen LogP contribution in [0, 0.1) is 17.2 Å². The number of likely N-dealkylation sites (tertiary alicyclic amines) is 1. The molecule has 3 saturated heterocycles. The number of piperidine rings is 1. The third kappa shape index (κ3) is 6.21. The van der Waals surface area contributed by atoms with Crippen LogP contribution in [0.1, 0.15) is 82.5 Å². The van der Waals surface area contributed by atoms with Crippen LogP contribution in [0.15, 0.2) is 30.7 Å². The maximum absolute atomic E-state index is 14.2. The van der Waals surface area contributed by atoms with Crippen LogP contribution in [0.25, 0.3) is 0 Å². The summed E-state index contributed by atoms with van der Waals surface area (Å²) in [7, 11) is 0. The lowest BCUT2D eigenvalue weighted by atomic mass is 9.71. The Hall–Kier alpha value is -3.27. The van der Waals surface area contributed by atoms with Gasteiger partial charge in [0.2, 0.25) is 5.91 Å². The monoisotopic (exact) mass is 592 g/mol. The quantitative estimate of drug-likeness (QED) is 0.460. The highest BCUT2D eigenvalue weighted by Gasteiger charge is 2.47. The number of rotatable bonds is 8. The Kier molecular flexibility index (Phi) is 8.33. The second-order valence-corrected chi connectivity index (χ2v) is 13.6. The molecule has 6 rings (SSSR count). The number of carbonyl (C=O) groups excluding carboxylic acids is 2. The fourth-order valence-corrected chi connectivity index (χ4v) is 7.76. The molecule has 1 aromatic carbocycles. The number of ether oxygens (including phenoxy) is 1. The lowest BCUT2D eigenvalue weighted by Crippen LogP contribution is -2.61. The molecule has 43 heavy (non-hydrogen) atoms. The molecule has 0 atom stereocenters. The molecule has 4 fully saturated rings. The minimum atomic E-state index is -0.481. The minimum absolute atomic E-state index is 0.0242. The summed E-state index contributed by atoms with van der Waals surface area (Å²) in [5.74, 6) is 1.69. The van der Waals surface area contributed by atoms with Crippen molar-refractivity contribution >= 4 is 17.6 Å². The summed E-state index contributed by atoms with van der Waals surface area (Å²) < 4.78 is 20.5. The van der Waals surface area contributed by atoms with Gasteiger partial charge in [0.1, 0.15) is 17.9 Å². The fourth-order valence-electron chi connectivity index (χ4n) is 7.76. The molecule has 2 spiro atoms. The van der Waals surface area contributed by atoms with Gasteiger partial charge in [0.25, 0.3) is 5.91 Å². The van der Waals surface area contributed by atoms with Crippen molar-refractivity contribution in [3.63, 3.8) is 0 Å². The van der Waals surface area contributed by atoms with Crippen molar-refractivity contribution in [2.24, 2.45) is 11.3 Å². The maximum atomic E-state index is 14.2. The third-order valence-corrected chi connectivity index (χ3v) is 10.4. The molecule has 0 bridgehead atoms. The number of amides is 2. The van der Waals surface area contributed by atoms with Gasteiger partial charge in [-0.15, -0.1) is 0 Å². The number of anilines is 1. The molecule has 3 aliphatic heterocycles. The van der Waals surface area contributed by atoms with Crippen molar-refractivity contribution in [1.29, 1.82) is 0 Å². The molecule has 0 unspecified atom stereocenters. The Morgan fingerprint density at radius 1 is 1.14 bits per heavy atom. The zero-order valence-electron chi connectivity index (χ0n) is 25.8. The standard InChI is InChI=1S/C33H45FN6O3/c1-4-40(23(2)3)31(42)26-17-25(34)5-6-27(26)43-28-18-35-22-36-30(28)39-20-32(21-39)13-15-38(16-14-32)19-24-7-10-33(11-8-24)12-9-29(41)37-33/h5-6,17-18,22-24H,4,7-16,19-21H2,1-3H3,(H,37,41). The van der Waals surface area contributed by atoms with Gasteiger partial charge in [0.05, 0.1) is 11.8 Å². The summed E-state index contributed by atoms with van der Waals surface area (Å²) in [5.41, 5.74) is 0.564. The van der Waals surface area contributed by atoms with Gasteiger partial charge in [-0.3, -0.25) is 9.59 Å². The Balaban J connectivity index is 1.05. The van der Waals surface area contributed by atoms with Gasteiger partial charge in [0.15, 0.2) is 11.6 Å². The molecule has 0 radical (unpaired) electrons. The molecule has 232 valence electrons. The number of hydrogen-bond donors (Lipinski definition) is 1. The van der Waals surface area contributed by atoms with E-state index in [-0.39, 0.29) is 34.4 Å². The summed E-state index contributed by atoms with van der Waals surface area (Å²) in [6.07, 6.45) is 11.9. The van der Waals surface area contributed by atoms with E-state index in [2.05, 4.69) is 25.1 Å². The topological polar surface area (TPSA) is 90.9 Å². The van der Waals surface area contributed by atoms with E-state index in [9.17, 15) is 14.0 Å². The SMILES string of the molecule is CCN(C(=O)c1cc(F)ccc1Oc1cncnc1N1CC2(CCN(CC3CCC4(CCC(=O)N4)CC3)CC2)C1)C(C)C. The zero-order valence-corrected chi connectivity index (χ0v) is 25.8. The molecule has 9 nitrogen and oxygen atoms in total. The van der Waals surface area contributed by atoms with Crippen molar-refractivity contribution in [2.45, 2.75) is 83.7 Å². The summed E-state index contributed by atoms with van der Waals surface area (Å²) in [6.45, 7) is 11.5. The van der Waals surface area contributed by atoms with Crippen molar-refractivity contribution in [3.05, 3.63) is 42.1 Å². The van der Waals surface area contributed by atoms with Crippen molar-refractivity contribution in [2.75, 3.05) is 44.2 Å². The first kappa shape index (κ1) is 29.8. The average Bonchev–Trinajstić information content (AvgIpc) is 3.34. The molecule has 2 aromatic rings. The maximum Gasteiger partial charge on any atom is 0.257 e. The average molecular weight is 593 g/mol. The first-order valence-corrected chi connectivity index (χ1v) is 16.0. The van der Waals surface area contributed by atoms with Gasteiger partial charge >= 0.3 is 0 Å². The van der Waals surface area contributed by atoms with E-state index in [4.69, 9.17) is 4.74 Å². The summed E-state index contributed by atoms with van der Waals surface area (Å²) in [6, 6.07) is 4.04. The van der Waals surface area contributed by atoms with Crippen LogP contribution < -0.4 is 15.0 Å². The number of nitrogens with zero attached hydrogens (tertiary/aromatic N) is 5. The molecule has 2 amide bonds. The minimum Gasteiger partial charge on any atom is -0.451 e. The Labute approximate surface area is 254 Å². The zero-order chi connectivity index (χ0) is 30.2. The normalized spacial score (nSPS) is 25.2. The van der Waals surface area contributed by atoms with Crippen LogP contribution in [-0.2, 0) is 4.79 Å². The van der Waals surface area contributed by atoms with E-state index < -0.39 is 5.82 Å². The molecule has 4 aliphatic rings. The summed E-state index contributed by atoms with van der Waals surface area (Å²) in [5, 5.41) is 3.27. The highest BCUT2D eigenvalue weighted by Crippen LogP contribution is 2.45. The van der Waals surface area contributed by atoms with Crippen LogP contribution >= 0.6 is 0 Å². The van der Waals surface area contributed by atoms with E-state index in [1.165, 1.54) is 43.9 Å². The van der Waals surface area contributed by atoms with Gasteiger partial charge in [-0.1, -0.05) is 0 Å². The predicted octanol–water partition coefficient (Wildman–Crippen LogP) is 5.02. The van der Waals surface area contributed by atoms with Crippen LogP contribution in [0.2, 0.25) is 0 Å². The Morgan fingerprint density at radius 3 is 2.53 bits per heavy atom. The number of aromatic nitrogens is 2. The van der Waals surface area contributed by atoms with Crippen molar-refractivity contribution in [3.8, 4) is 11.5 Å². The highest BCUT2D eigenvalue weighted by atomic mass is 19.1. The van der Waals surface area contributed by atoms with E-state index in [1.54, 1.807) is 11.1 Å². The van der Waals surface area contributed by atoms with Gasteiger partial charge < -0.3 is 24.8 Å².